The highest BCUT2D eigenvalue weighted by Crippen LogP contribution is 2.11. The number of nitriles is 1. The molecule has 0 amide bonds. The highest BCUT2D eigenvalue weighted by atomic mass is 15.3. The van der Waals surface area contributed by atoms with Crippen LogP contribution in [0, 0.1) is 11.3 Å². The quantitative estimate of drug-likeness (QED) is 0.700. The normalized spacial score (nSPS) is 8.92. The van der Waals surface area contributed by atoms with Crippen molar-refractivity contribution in [2.45, 2.75) is 40.2 Å². The molecule has 0 radical (unpaired) electrons. The van der Waals surface area contributed by atoms with Crippen molar-refractivity contribution in [2.24, 2.45) is 0 Å². The summed E-state index contributed by atoms with van der Waals surface area (Å²) < 4.78 is 1.65. The van der Waals surface area contributed by atoms with E-state index in [0.717, 1.165) is 0 Å². The summed E-state index contributed by atoms with van der Waals surface area (Å²) in [5.41, 5.74) is 1.18. The Morgan fingerprint density at radius 1 is 1.54 bits per heavy atom. The molecular formula is C10H17N3. The minimum atomic E-state index is 0.340. The first-order chi connectivity index (χ1) is 6.24. The van der Waals surface area contributed by atoms with Crippen LogP contribution in [0.25, 0.3) is 0 Å². The summed E-state index contributed by atoms with van der Waals surface area (Å²) in [5, 5.41) is 12.4. The van der Waals surface area contributed by atoms with Crippen LogP contribution in [0.2, 0.25) is 0 Å². The van der Waals surface area contributed by atoms with E-state index in [4.69, 9.17) is 5.26 Å². The van der Waals surface area contributed by atoms with Gasteiger partial charge in [0.25, 0.3) is 0 Å². The fourth-order valence-corrected chi connectivity index (χ4v) is 0.837. The van der Waals surface area contributed by atoms with Gasteiger partial charge in [-0.15, -0.1) is 0 Å². The van der Waals surface area contributed by atoms with Crippen LogP contribution in [0.1, 0.15) is 39.2 Å². The van der Waals surface area contributed by atoms with Crippen LogP contribution < -0.4 is 0 Å². The molecule has 3 nitrogen and oxygen atoms in total. The summed E-state index contributed by atoms with van der Waals surface area (Å²) in [6.07, 6.45) is 3.72. The van der Waals surface area contributed by atoms with Gasteiger partial charge in [0, 0.05) is 6.20 Å². The van der Waals surface area contributed by atoms with Crippen LogP contribution in [0.4, 0.5) is 0 Å². The fraction of sp³-hybridized carbons (Fsp3) is 0.600. The minimum Gasteiger partial charge on any atom is -0.258 e. The first-order valence-corrected chi connectivity index (χ1v) is 4.63. The summed E-state index contributed by atoms with van der Waals surface area (Å²) in [6.45, 7) is 8.55. The zero-order valence-corrected chi connectivity index (χ0v) is 8.78. The molecule has 1 rings (SSSR count). The lowest BCUT2D eigenvalue weighted by molar-refractivity contribution is 0.708. The predicted molar refractivity (Wildman–Crippen MR) is 53.3 cm³/mol. The van der Waals surface area contributed by atoms with Gasteiger partial charge in [-0.3, -0.25) is 4.68 Å². The van der Waals surface area contributed by atoms with Gasteiger partial charge < -0.3 is 0 Å². The third kappa shape index (κ3) is 3.75. The Balaban J connectivity index is 0.000000671. The zero-order chi connectivity index (χ0) is 10.3. The molecule has 3 heteroatoms. The van der Waals surface area contributed by atoms with Gasteiger partial charge in [0.2, 0.25) is 0 Å². The Morgan fingerprint density at radius 3 is 2.54 bits per heavy atom. The molecular weight excluding hydrogens is 162 g/mol. The van der Waals surface area contributed by atoms with E-state index in [1.807, 2.05) is 32.3 Å². The monoisotopic (exact) mass is 179 g/mol. The average molecular weight is 179 g/mol. The molecule has 0 fully saturated rings. The Bertz CT molecular complexity index is 268. The van der Waals surface area contributed by atoms with E-state index in [9.17, 15) is 0 Å². The van der Waals surface area contributed by atoms with Crippen LogP contribution in [0.5, 0.6) is 0 Å². The van der Waals surface area contributed by atoms with Crippen molar-refractivity contribution >= 4 is 0 Å². The van der Waals surface area contributed by atoms with E-state index in [0.29, 0.717) is 12.5 Å². The molecule has 0 bridgehead atoms. The lowest BCUT2D eigenvalue weighted by atomic mass is 10.1. The largest absolute Gasteiger partial charge is 0.258 e. The molecule has 0 saturated heterocycles. The second-order valence-electron chi connectivity index (χ2n) is 2.78. The molecule has 0 aromatic carbocycles. The van der Waals surface area contributed by atoms with E-state index < -0.39 is 0 Å². The number of nitrogens with zero attached hydrogens (tertiary/aromatic N) is 3. The molecule has 0 unspecified atom stereocenters. The molecule has 0 N–H and O–H groups in total. The highest BCUT2D eigenvalue weighted by molar-refractivity contribution is 5.08. The molecule has 0 atom stereocenters. The van der Waals surface area contributed by atoms with E-state index in [-0.39, 0.29) is 0 Å². The van der Waals surface area contributed by atoms with E-state index in [1.54, 1.807) is 4.68 Å². The maximum Gasteiger partial charge on any atom is 0.128 e. The second-order valence-corrected chi connectivity index (χ2v) is 2.78. The molecule has 1 aromatic heterocycles. The van der Waals surface area contributed by atoms with Crippen molar-refractivity contribution in [3.63, 3.8) is 0 Å². The van der Waals surface area contributed by atoms with Crippen molar-refractivity contribution < 1.29 is 0 Å². The third-order valence-corrected chi connectivity index (χ3v) is 1.55. The van der Waals surface area contributed by atoms with Gasteiger partial charge >= 0.3 is 0 Å². The Labute approximate surface area is 80.0 Å². The van der Waals surface area contributed by atoms with Gasteiger partial charge in [0.1, 0.15) is 6.54 Å². The molecule has 0 aliphatic carbocycles. The van der Waals surface area contributed by atoms with E-state index in [1.165, 1.54) is 5.56 Å². The predicted octanol–water partition coefficient (Wildman–Crippen LogP) is 2.56. The van der Waals surface area contributed by atoms with Gasteiger partial charge in [-0.05, 0) is 11.5 Å². The summed E-state index contributed by atoms with van der Waals surface area (Å²) in [5.74, 6) is 0.488. The molecule has 0 saturated carbocycles. The standard InChI is InChI=1S/C8H11N3.C2H6/c1-7(2)8-5-10-11(6-8)4-3-9;1-2/h5-7H,4H2,1-2H3;1-2H3. The van der Waals surface area contributed by atoms with Gasteiger partial charge in [-0.25, -0.2) is 0 Å². The molecule has 0 aliphatic heterocycles. The topological polar surface area (TPSA) is 41.6 Å². The first-order valence-electron chi connectivity index (χ1n) is 4.63. The van der Waals surface area contributed by atoms with E-state index >= 15 is 0 Å². The Morgan fingerprint density at radius 2 is 2.15 bits per heavy atom. The third-order valence-electron chi connectivity index (χ3n) is 1.55. The summed E-state index contributed by atoms with van der Waals surface area (Å²) in [4.78, 5) is 0. The number of aromatic nitrogens is 2. The summed E-state index contributed by atoms with van der Waals surface area (Å²) in [6, 6.07) is 2.04. The van der Waals surface area contributed by atoms with Crippen LogP contribution in [-0.4, -0.2) is 9.78 Å². The summed E-state index contributed by atoms with van der Waals surface area (Å²) >= 11 is 0. The number of hydrogen-bond donors (Lipinski definition) is 0. The second kappa shape index (κ2) is 6.24. The Hall–Kier alpha value is -1.30. The molecule has 1 heterocycles. The maximum absolute atomic E-state index is 8.36. The molecule has 1 aromatic rings. The molecule has 0 spiro atoms. The smallest absolute Gasteiger partial charge is 0.128 e. The Kier molecular flexibility index (Phi) is 5.62. The minimum absolute atomic E-state index is 0.340. The van der Waals surface area contributed by atoms with Crippen LogP contribution in [0.3, 0.4) is 0 Å². The molecule has 72 valence electrons. The average Bonchev–Trinajstić information content (AvgIpc) is 2.57. The van der Waals surface area contributed by atoms with Crippen LogP contribution in [-0.2, 0) is 6.54 Å². The van der Waals surface area contributed by atoms with Gasteiger partial charge in [0.15, 0.2) is 0 Å². The highest BCUT2D eigenvalue weighted by Gasteiger charge is 2.00. The zero-order valence-electron chi connectivity index (χ0n) is 8.78. The van der Waals surface area contributed by atoms with Crippen molar-refractivity contribution in [3.05, 3.63) is 18.0 Å². The van der Waals surface area contributed by atoms with Gasteiger partial charge in [0.05, 0.1) is 12.3 Å². The fourth-order valence-electron chi connectivity index (χ4n) is 0.837. The van der Waals surface area contributed by atoms with Crippen LogP contribution >= 0.6 is 0 Å². The van der Waals surface area contributed by atoms with Crippen molar-refractivity contribution in [3.8, 4) is 6.07 Å². The first kappa shape index (κ1) is 11.7. The lowest BCUT2D eigenvalue weighted by Gasteiger charge is -1.96. The van der Waals surface area contributed by atoms with Crippen molar-refractivity contribution in [2.75, 3.05) is 0 Å². The molecule has 0 aliphatic rings. The number of hydrogen-bond acceptors (Lipinski definition) is 2. The molecule has 13 heavy (non-hydrogen) atoms. The van der Waals surface area contributed by atoms with Crippen molar-refractivity contribution in [1.82, 2.24) is 9.78 Å². The van der Waals surface area contributed by atoms with Crippen LogP contribution in [0.15, 0.2) is 12.4 Å². The van der Waals surface area contributed by atoms with Gasteiger partial charge in [-0.1, -0.05) is 27.7 Å². The summed E-state index contributed by atoms with van der Waals surface area (Å²) in [7, 11) is 0. The number of rotatable bonds is 2. The maximum atomic E-state index is 8.36. The van der Waals surface area contributed by atoms with E-state index in [2.05, 4.69) is 18.9 Å². The van der Waals surface area contributed by atoms with Crippen molar-refractivity contribution in [1.29, 1.82) is 5.26 Å². The SMILES string of the molecule is CC.CC(C)c1cnn(CC#N)c1. The lowest BCUT2D eigenvalue weighted by Crippen LogP contribution is -1.94. The van der Waals surface area contributed by atoms with Gasteiger partial charge in [-0.2, -0.15) is 10.4 Å².